The maximum atomic E-state index is 12.6. The van der Waals surface area contributed by atoms with Crippen molar-refractivity contribution < 1.29 is 9.90 Å². The summed E-state index contributed by atoms with van der Waals surface area (Å²) in [4.78, 5) is 12.6. The molecule has 0 spiro atoms. The minimum absolute atomic E-state index is 0.0185. The normalized spacial score (nSPS) is 23.2. The topological polar surface area (TPSA) is 79.2 Å². The van der Waals surface area contributed by atoms with Gasteiger partial charge in [-0.3, -0.25) is 9.48 Å². The van der Waals surface area contributed by atoms with E-state index < -0.39 is 0 Å². The number of aryl methyl sites for hydroxylation is 1. The molecule has 1 fully saturated rings. The van der Waals surface area contributed by atoms with E-state index in [1.54, 1.807) is 16.9 Å². The summed E-state index contributed by atoms with van der Waals surface area (Å²) in [5.41, 5.74) is 2.10. The van der Waals surface area contributed by atoms with Crippen molar-refractivity contribution >= 4 is 17.3 Å². The van der Waals surface area contributed by atoms with E-state index >= 15 is 0 Å². The van der Waals surface area contributed by atoms with E-state index in [0.29, 0.717) is 5.56 Å². The maximum Gasteiger partial charge on any atom is 0.251 e. The average Bonchev–Trinajstić information content (AvgIpc) is 3.14. The Labute approximate surface area is 141 Å². The van der Waals surface area contributed by atoms with Gasteiger partial charge in [0.15, 0.2) is 0 Å². The number of amides is 1. The molecule has 0 saturated heterocycles. The molecule has 6 nitrogen and oxygen atoms in total. The van der Waals surface area contributed by atoms with Gasteiger partial charge in [-0.2, -0.15) is 5.10 Å². The van der Waals surface area contributed by atoms with Gasteiger partial charge in [0.05, 0.1) is 18.5 Å². The van der Waals surface area contributed by atoms with Crippen molar-refractivity contribution in [2.75, 3.05) is 11.9 Å². The lowest BCUT2D eigenvalue weighted by atomic mass is 9.85. The van der Waals surface area contributed by atoms with E-state index in [2.05, 4.69) is 15.7 Å². The summed E-state index contributed by atoms with van der Waals surface area (Å²) < 4.78 is 1.72. The number of anilines is 2. The lowest BCUT2D eigenvalue weighted by molar-refractivity contribution is 0.0830. The molecule has 1 aliphatic carbocycles. The Kier molecular flexibility index (Phi) is 4.57. The highest BCUT2D eigenvalue weighted by Crippen LogP contribution is 2.37. The number of carbonyl (C=O) groups is 1. The number of nitrogens with zero attached hydrogens (tertiary/aromatic N) is 2. The van der Waals surface area contributed by atoms with Crippen molar-refractivity contribution in [3.63, 3.8) is 0 Å². The zero-order valence-corrected chi connectivity index (χ0v) is 14.1. The summed E-state index contributed by atoms with van der Waals surface area (Å²) in [6.07, 6.45) is 6.49. The molecule has 1 aromatic heterocycles. The molecule has 3 N–H and O–H groups in total. The molecule has 0 aliphatic heterocycles. The molecule has 3 rings (SSSR count). The summed E-state index contributed by atoms with van der Waals surface area (Å²) in [5, 5.41) is 20.1. The van der Waals surface area contributed by atoms with E-state index in [1.807, 2.05) is 38.4 Å². The van der Waals surface area contributed by atoms with Crippen molar-refractivity contribution in [1.29, 1.82) is 0 Å². The van der Waals surface area contributed by atoms with Crippen LogP contribution in [0.2, 0.25) is 0 Å². The number of hydrogen-bond donors (Lipinski definition) is 3. The smallest absolute Gasteiger partial charge is 0.251 e. The Bertz CT molecular complexity index is 727. The van der Waals surface area contributed by atoms with E-state index in [-0.39, 0.29) is 24.0 Å². The minimum Gasteiger partial charge on any atom is -0.396 e. The highest BCUT2D eigenvalue weighted by Gasteiger charge is 2.39. The predicted molar refractivity (Wildman–Crippen MR) is 93.2 cm³/mol. The first-order chi connectivity index (χ1) is 11.5. The zero-order chi connectivity index (χ0) is 17.2. The zero-order valence-electron chi connectivity index (χ0n) is 14.1. The molecular formula is C18H24N4O2. The Morgan fingerprint density at radius 1 is 1.46 bits per heavy atom. The average molecular weight is 328 g/mol. The van der Waals surface area contributed by atoms with Crippen LogP contribution >= 0.6 is 0 Å². The molecule has 2 unspecified atom stereocenters. The van der Waals surface area contributed by atoms with Crippen LogP contribution in [-0.4, -0.2) is 33.4 Å². The van der Waals surface area contributed by atoms with Gasteiger partial charge in [0.2, 0.25) is 0 Å². The molecule has 24 heavy (non-hydrogen) atoms. The van der Waals surface area contributed by atoms with E-state index in [0.717, 1.165) is 30.6 Å². The second-order valence-corrected chi connectivity index (χ2v) is 6.84. The third-order valence-corrected chi connectivity index (χ3v) is 4.87. The molecule has 1 aromatic carbocycles. The van der Waals surface area contributed by atoms with Gasteiger partial charge in [-0.15, -0.1) is 0 Å². The van der Waals surface area contributed by atoms with Gasteiger partial charge in [0.1, 0.15) is 0 Å². The number of aromatic nitrogens is 2. The van der Waals surface area contributed by atoms with E-state index in [1.165, 1.54) is 0 Å². The Balaban J connectivity index is 1.70. The molecule has 2 atom stereocenters. The molecule has 1 heterocycles. The maximum absolute atomic E-state index is 12.6. The van der Waals surface area contributed by atoms with Crippen LogP contribution in [0, 0.1) is 5.41 Å². The molecule has 1 aliphatic rings. The summed E-state index contributed by atoms with van der Waals surface area (Å²) in [6, 6.07) is 7.41. The van der Waals surface area contributed by atoms with Crippen LogP contribution in [0.4, 0.5) is 11.4 Å². The van der Waals surface area contributed by atoms with E-state index in [9.17, 15) is 9.90 Å². The van der Waals surface area contributed by atoms with Crippen molar-refractivity contribution in [1.82, 2.24) is 15.1 Å². The number of aliphatic hydroxyl groups excluding tert-OH is 1. The van der Waals surface area contributed by atoms with Crippen LogP contribution in [0.15, 0.2) is 36.7 Å². The first-order valence-corrected chi connectivity index (χ1v) is 8.28. The summed E-state index contributed by atoms with van der Waals surface area (Å²) in [7, 11) is 1.86. The second-order valence-electron chi connectivity index (χ2n) is 6.84. The first kappa shape index (κ1) is 16.5. The fourth-order valence-corrected chi connectivity index (χ4v) is 3.30. The SMILES string of the molecule is Cn1cc(Nc2cccc(C(=O)NC3CCCC3(C)CO)c2)cn1. The van der Waals surface area contributed by atoms with Gasteiger partial charge in [-0.25, -0.2) is 0 Å². The number of carbonyl (C=O) groups excluding carboxylic acids is 1. The Morgan fingerprint density at radius 2 is 2.29 bits per heavy atom. The number of aliphatic hydroxyl groups is 1. The van der Waals surface area contributed by atoms with Crippen LogP contribution in [0.5, 0.6) is 0 Å². The van der Waals surface area contributed by atoms with Gasteiger partial charge in [0, 0.05) is 36.0 Å². The van der Waals surface area contributed by atoms with Crippen LogP contribution in [0.3, 0.4) is 0 Å². The Morgan fingerprint density at radius 3 is 3.00 bits per heavy atom. The highest BCUT2D eigenvalue weighted by molar-refractivity contribution is 5.95. The molecule has 128 valence electrons. The van der Waals surface area contributed by atoms with Gasteiger partial charge < -0.3 is 15.7 Å². The molecule has 0 bridgehead atoms. The van der Waals surface area contributed by atoms with Crippen molar-refractivity contribution in [3.8, 4) is 0 Å². The second kappa shape index (κ2) is 6.65. The quantitative estimate of drug-likeness (QED) is 0.788. The van der Waals surface area contributed by atoms with Crippen molar-refractivity contribution in [3.05, 3.63) is 42.2 Å². The third-order valence-electron chi connectivity index (χ3n) is 4.87. The lowest BCUT2D eigenvalue weighted by Crippen LogP contribution is -2.44. The van der Waals surface area contributed by atoms with Crippen molar-refractivity contribution in [2.45, 2.75) is 32.2 Å². The van der Waals surface area contributed by atoms with Gasteiger partial charge in [-0.1, -0.05) is 19.4 Å². The fraction of sp³-hybridized carbons (Fsp3) is 0.444. The monoisotopic (exact) mass is 328 g/mol. The molecule has 0 radical (unpaired) electrons. The van der Waals surface area contributed by atoms with Gasteiger partial charge in [0.25, 0.3) is 5.91 Å². The Hall–Kier alpha value is -2.34. The fourth-order valence-electron chi connectivity index (χ4n) is 3.30. The number of benzene rings is 1. The molecule has 1 saturated carbocycles. The number of nitrogens with one attached hydrogen (secondary N) is 2. The van der Waals surface area contributed by atoms with Crippen LogP contribution in [-0.2, 0) is 7.05 Å². The summed E-state index contributed by atoms with van der Waals surface area (Å²) in [6.45, 7) is 2.13. The predicted octanol–water partition coefficient (Wildman–Crippen LogP) is 2.44. The van der Waals surface area contributed by atoms with Crippen LogP contribution in [0.1, 0.15) is 36.5 Å². The minimum atomic E-state index is -0.221. The highest BCUT2D eigenvalue weighted by atomic mass is 16.3. The molecule has 6 heteroatoms. The first-order valence-electron chi connectivity index (χ1n) is 8.28. The van der Waals surface area contributed by atoms with Crippen LogP contribution in [0.25, 0.3) is 0 Å². The lowest BCUT2D eigenvalue weighted by Gasteiger charge is -2.30. The third kappa shape index (κ3) is 3.43. The standard InChI is InChI=1S/C18H24N4O2/c1-18(12-23)8-4-7-16(18)21-17(24)13-5-3-6-14(9-13)20-15-10-19-22(2)11-15/h3,5-6,9-11,16,20,23H,4,7-8,12H2,1-2H3,(H,21,24). The molecular weight excluding hydrogens is 304 g/mol. The summed E-state index contributed by atoms with van der Waals surface area (Å²) in [5.74, 6) is -0.101. The van der Waals surface area contributed by atoms with Crippen molar-refractivity contribution in [2.24, 2.45) is 12.5 Å². The van der Waals surface area contributed by atoms with Crippen LogP contribution < -0.4 is 10.6 Å². The summed E-state index contributed by atoms with van der Waals surface area (Å²) >= 11 is 0. The number of hydrogen-bond acceptors (Lipinski definition) is 4. The number of rotatable bonds is 5. The van der Waals surface area contributed by atoms with E-state index in [4.69, 9.17) is 0 Å². The van der Waals surface area contributed by atoms with Gasteiger partial charge >= 0.3 is 0 Å². The van der Waals surface area contributed by atoms with Gasteiger partial charge in [-0.05, 0) is 31.0 Å². The molecule has 2 aromatic rings. The largest absolute Gasteiger partial charge is 0.396 e. The molecule has 1 amide bonds.